The van der Waals surface area contributed by atoms with E-state index in [0.29, 0.717) is 37.7 Å². The number of rotatable bonds is 8. The maximum Gasteiger partial charge on any atom is 0.338 e. The number of benzene rings is 2. The lowest BCUT2D eigenvalue weighted by Gasteiger charge is -2.29. The van der Waals surface area contributed by atoms with Gasteiger partial charge in [0.05, 0.1) is 49.8 Å². The van der Waals surface area contributed by atoms with Gasteiger partial charge < -0.3 is 28.4 Å². The lowest BCUT2D eigenvalue weighted by molar-refractivity contribution is -0.139. The molecule has 0 spiro atoms. The topological polar surface area (TPSA) is 96.5 Å². The van der Waals surface area contributed by atoms with Crippen LogP contribution < -0.4 is 29.3 Å². The van der Waals surface area contributed by atoms with Gasteiger partial charge in [-0.15, -0.1) is 0 Å². The molecular weight excluding hydrogens is 604 g/mol. The fraction of sp³-hybridized carbons (Fsp3) is 0.343. The molecule has 0 saturated carbocycles. The van der Waals surface area contributed by atoms with E-state index < -0.39 is 12.0 Å². The molecule has 1 fully saturated rings. The summed E-state index contributed by atoms with van der Waals surface area (Å²) in [7, 11) is 3.12. The van der Waals surface area contributed by atoms with Crippen molar-refractivity contribution in [3.05, 3.63) is 102 Å². The highest BCUT2D eigenvalue weighted by Gasteiger charge is 2.35. The van der Waals surface area contributed by atoms with Crippen LogP contribution in [0.4, 0.5) is 5.69 Å². The predicted octanol–water partition coefficient (Wildman–Crippen LogP) is 4.06. The number of ether oxygens (including phenoxy) is 4. The first-order chi connectivity index (χ1) is 22.2. The Balaban J connectivity index is 1.44. The molecule has 0 N–H and O–H groups in total. The van der Waals surface area contributed by atoms with Crippen molar-refractivity contribution in [3.8, 4) is 17.2 Å². The largest absolute Gasteiger partial charge is 0.497 e. The fourth-order valence-corrected chi connectivity index (χ4v) is 7.27. The van der Waals surface area contributed by atoms with Crippen molar-refractivity contribution < 1.29 is 23.7 Å². The van der Waals surface area contributed by atoms with Crippen molar-refractivity contribution in [3.63, 3.8) is 0 Å². The van der Waals surface area contributed by atoms with Crippen LogP contribution in [0.1, 0.15) is 42.4 Å². The Morgan fingerprint density at radius 1 is 1.02 bits per heavy atom. The monoisotopic (exact) mass is 642 g/mol. The minimum atomic E-state index is -0.796. The third kappa shape index (κ3) is 5.65. The molecule has 2 aliphatic heterocycles. The number of anilines is 1. The van der Waals surface area contributed by atoms with Gasteiger partial charge in [-0.05, 0) is 81.8 Å². The number of methoxy groups -OCH3 is 2. The van der Waals surface area contributed by atoms with Crippen LogP contribution in [-0.2, 0) is 14.3 Å². The quantitative estimate of drug-likeness (QED) is 0.268. The maximum absolute atomic E-state index is 14.2. The number of carbonyl (C=O) groups excluding carboxylic acids is 1. The van der Waals surface area contributed by atoms with E-state index in [1.165, 1.54) is 17.0 Å². The molecule has 46 heavy (non-hydrogen) atoms. The van der Waals surface area contributed by atoms with E-state index in [4.69, 9.17) is 23.9 Å². The van der Waals surface area contributed by atoms with Crippen LogP contribution >= 0.6 is 11.3 Å². The summed E-state index contributed by atoms with van der Waals surface area (Å²) in [5.41, 5.74) is 6.39. The zero-order valence-corrected chi connectivity index (χ0v) is 27.8. The van der Waals surface area contributed by atoms with Gasteiger partial charge in [-0.1, -0.05) is 11.3 Å². The second kappa shape index (κ2) is 13.0. The van der Waals surface area contributed by atoms with Crippen molar-refractivity contribution in [2.24, 2.45) is 4.99 Å². The molecule has 4 aromatic rings. The molecule has 0 bridgehead atoms. The summed E-state index contributed by atoms with van der Waals surface area (Å²) in [6.07, 6.45) is 1.91. The van der Waals surface area contributed by atoms with E-state index in [9.17, 15) is 9.59 Å². The highest BCUT2D eigenvalue weighted by Crippen LogP contribution is 2.37. The number of morpholine rings is 1. The number of nitrogens with zero attached hydrogens (tertiary/aromatic N) is 4. The first-order valence-corrected chi connectivity index (χ1v) is 16.1. The molecule has 2 aromatic heterocycles. The molecule has 6 rings (SSSR count). The molecule has 4 heterocycles. The Hall–Kier alpha value is -4.61. The summed E-state index contributed by atoms with van der Waals surface area (Å²) in [6, 6.07) is 15.2. The van der Waals surface area contributed by atoms with Crippen molar-refractivity contribution >= 4 is 29.1 Å². The molecule has 0 amide bonds. The van der Waals surface area contributed by atoms with Crippen LogP contribution in [0.15, 0.2) is 69.6 Å². The average molecular weight is 643 g/mol. The number of esters is 1. The van der Waals surface area contributed by atoms with Crippen LogP contribution in [0, 0.1) is 13.8 Å². The molecule has 2 aromatic carbocycles. The summed E-state index contributed by atoms with van der Waals surface area (Å²) in [5.74, 6) is 0.556. The van der Waals surface area contributed by atoms with Gasteiger partial charge in [0, 0.05) is 47.5 Å². The second-order valence-corrected chi connectivity index (χ2v) is 12.2. The lowest BCUT2D eigenvalue weighted by Crippen LogP contribution is -2.40. The number of thiazole rings is 1. The highest BCUT2D eigenvalue weighted by atomic mass is 32.1. The second-order valence-electron chi connectivity index (χ2n) is 11.2. The summed E-state index contributed by atoms with van der Waals surface area (Å²) in [6.45, 7) is 11.1. The van der Waals surface area contributed by atoms with Gasteiger partial charge in [0.2, 0.25) is 0 Å². The van der Waals surface area contributed by atoms with Gasteiger partial charge in [0.25, 0.3) is 5.56 Å². The molecule has 10 nitrogen and oxygen atoms in total. The van der Waals surface area contributed by atoms with Gasteiger partial charge in [-0.3, -0.25) is 9.36 Å². The van der Waals surface area contributed by atoms with Crippen LogP contribution in [-0.4, -0.2) is 62.2 Å². The SMILES string of the molecule is CCOC(=O)C1=C(C)N=c2s/c(=C\c3cc(C)n(-c4ccc(N5CCOCC5)cc4)c3C)c(=O)n2C1c1ccc(OC)cc1OC. The Bertz CT molecular complexity index is 2000. The third-order valence-corrected chi connectivity index (χ3v) is 9.48. The number of hydrogen-bond acceptors (Lipinski definition) is 9. The molecule has 0 aliphatic carbocycles. The minimum absolute atomic E-state index is 0.193. The number of carbonyl (C=O) groups is 1. The molecule has 240 valence electrons. The number of aryl methyl sites for hydroxylation is 1. The van der Waals surface area contributed by atoms with Gasteiger partial charge >= 0.3 is 5.97 Å². The molecule has 1 saturated heterocycles. The Morgan fingerprint density at radius 3 is 2.41 bits per heavy atom. The summed E-state index contributed by atoms with van der Waals surface area (Å²) >= 11 is 1.30. The Morgan fingerprint density at radius 2 is 1.74 bits per heavy atom. The molecular formula is C35H38N4O6S. The Kier molecular flexibility index (Phi) is 8.88. The van der Waals surface area contributed by atoms with E-state index in [1.54, 1.807) is 44.8 Å². The third-order valence-electron chi connectivity index (χ3n) is 8.49. The maximum atomic E-state index is 14.2. The van der Waals surface area contributed by atoms with Gasteiger partial charge in [-0.2, -0.15) is 0 Å². The zero-order chi connectivity index (χ0) is 32.5. The van der Waals surface area contributed by atoms with Gasteiger partial charge in [0.15, 0.2) is 4.80 Å². The van der Waals surface area contributed by atoms with Crippen LogP contribution in [0.3, 0.4) is 0 Å². The van der Waals surface area contributed by atoms with E-state index in [0.717, 1.165) is 48.9 Å². The molecule has 1 unspecified atom stereocenters. The number of allylic oxidation sites excluding steroid dienone is 1. The van der Waals surface area contributed by atoms with E-state index >= 15 is 0 Å². The van der Waals surface area contributed by atoms with E-state index in [1.807, 2.05) is 12.1 Å². The fourth-order valence-electron chi connectivity index (χ4n) is 6.24. The van der Waals surface area contributed by atoms with Crippen molar-refractivity contribution in [2.45, 2.75) is 33.7 Å². The number of hydrogen-bond donors (Lipinski definition) is 0. The predicted molar refractivity (Wildman–Crippen MR) is 178 cm³/mol. The molecule has 1 atom stereocenters. The number of aromatic nitrogens is 2. The van der Waals surface area contributed by atoms with Crippen LogP contribution in [0.25, 0.3) is 11.8 Å². The number of fused-ring (bicyclic) bond motifs is 1. The van der Waals surface area contributed by atoms with E-state index in [2.05, 4.69) is 53.6 Å². The first-order valence-electron chi connectivity index (χ1n) is 15.3. The normalized spacial score (nSPS) is 16.7. The van der Waals surface area contributed by atoms with E-state index in [-0.39, 0.29) is 12.2 Å². The Labute approximate surface area is 271 Å². The zero-order valence-electron chi connectivity index (χ0n) is 27.0. The summed E-state index contributed by atoms with van der Waals surface area (Å²) in [4.78, 5) is 35.1. The van der Waals surface area contributed by atoms with Crippen LogP contribution in [0.2, 0.25) is 0 Å². The molecule has 0 radical (unpaired) electrons. The molecule has 2 aliphatic rings. The highest BCUT2D eigenvalue weighted by molar-refractivity contribution is 7.07. The van der Waals surface area contributed by atoms with Crippen molar-refractivity contribution in [1.29, 1.82) is 0 Å². The van der Waals surface area contributed by atoms with Crippen molar-refractivity contribution in [2.75, 3.05) is 52.0 Å². The summed E-state index contributed by atoms with van der Waals surface area (Å²) < 4.78 is 26.3. The van der Waals surface area contributed by atoms with Gasteiger partial charge in [-0.25, -0.2) is 9.79 Å². The smallest absolute Gasteiger partial charge is 0.338 e. The average Bonchev–Trinajstić information content (AvgIpc) is 3.53. The minimum Gasteiger partial charge on any atom is -0.497 e. The van der Waals surface area contributed by atoms with Gasteiger partial charge in [0.1, 0.15) is 17.5 Å². The molecule has 11 heteroatoms. The summed E-state index contributed by atoms with van der Waals surface area (Å²) in [5, 5.41) is 0. The van der Waals surface area contributed by atoms with Crippen LogP contribution in [0.5, 0.6) is 11.5 Å². The lowest BCUT2D eigenvalue weighted by atomic mass is 9.95. The standard InChI is InChI=1S/C35H38N4O6S/c1-7-45-34(41)31-22(3)36-35-39(32(31)28-13-12-27(42-5)20-29(28)43-6)33(40)30(46-35)19-24-18-21(2)38(23(24)4)26-10-8-25(9-11-26)37-14-16-44-17-15-37/h8-13,18-20,32H,7,14-17H2,1-6H3/b30-19-. The van der Waals surface area contributed by atoms with Crippen molar-refractivity contribution in [1.82, 2.24) is 9.13 Å². The first kappa shape index (κ1) is 31.4.